The van der Waals surface area contributed by atoms with Gasteiger partial charge in [0.2, 0.25) is 0 Å². The predicted octanol–water partition coefficient (Wildman–Crippen LogP) is 11.7. The lowest BCUT2D eigenvalue weighted by Gasteiger charge is -2.34. The quantitative estimate of drug-likeness (QED) is 0.187. The van der Waals surface area contributed by atoms with E-state index in [1.165, 1.54) is 54.9 Å². The molecular formula is C43H32N2O. The largest absolute Gasteiger partial charge is 0.456 e. The summed E-state index contributed by atoms with van der Waals surface area (Å²) in [6.07, 6.45) is 5.98. The second-order valence-electron chi connectivity index (χ2n) is 13.0. The summed E-state index contributed by atoms with van der Waals surface area (Å²) in [5.74, 6) is 0.752. The van der Waals surface area contributed by atoms with Crippen molar-refractivity contribution in [1.82, 2.24) is 9.13 Å². The molecule has 46 heavy (non-hydrogen) atoms. The van der Waals surface area contributed by atoms with Crippen LogP contribution in [0, 0.1) is 5.92 Å². The molecule has 3 heteroatoms. The highest BCUT2D eigenvalue weighted by molar-refractivity contribution is 6.17. The molecule has 0 aliphatic heterocycles. The molecule has 0 spiro atoms. The number of hydrogen-bond donors (Lipinski definition) is 0. The Morgan fingerprint density at radius 2 is 1.17 bits per heavy atom. The molecule has 0 N–H and O–H groups in total. The van der Waals surface area contributed by atoms with E-state index in [0.29, 0.717) is 12.0 Å². The van der Waals surface area contributed by atoms with Crippen molar-refractivity contribution in [3.8, 4) is 5.69 Å². The normalized spacial score (nSPS) is 18.6. The number of hydrogen-bond acceptors (Lipinski definition) is 1. The molecule has 0 saturated carbocycles. The molecule has 3 aromatic heterocycles. The summed E-state index contributed by atoms with van der Waals surface area (Å²) < 4.78 is 11.4. The number of fused-ring (bicyclic) bond motifs is 9. The van der Waals surface area contributed by atoms with Gasteiger partial charge in [0, 0.05) is 61.0 Å². The van der Waals surface area contributed by atoms with Crippen molar-refractivity contribution in [1.29, 1.82) is 0 Å². The molecule has 3 nitrogen and oxygen atoms in total. The first-order valence-electron chi connectivity index (χ1n) is 16.3. The van der Waals surface area contributed by atoms with Crippen LogP contribution in [-0.4, -0.2) is 9.13 Å². The molecule has 0 bridgehead atoms. The molecule has 0 amide bonds. The van der Waals surface area contributed by atoms with Crippen molar-refractivity contribution in [2.75, 3.05) is 0 Å². The van der Waals surface area contributed by atoms with Crippen molar-refractivity contribution in [3.05, 3.63) is 151 Å². The molecule has 1 aliphatic rings. The summed E-state index contributed by atoms with van der Waals surface area (Å²) in [7, 11) is 0. The smallest absolute Gasteiger partial charge is 0.136 e. The van der Waals surface area contributed by atoms with Gasteiger partial charge in [0.1, 0.15) is 11.2 Å². The van der Waals surface area contributed by atoms with Gasteiger partial charge in [0.05, 0.1) is 11.0 Å². The van der Waals surface area contributed by atoms with Crippen LogP contribution in [0.3, 0.4) is 0 Å². The van der Waals surface area contributed by atoms with E-state index in [4.69, 9.17) is 4.42 Å². The first-order valence-corrected chi connectivity index (χ1v) is 16.3. The van der Waals surface area contributed by atoms with Crippen molar-refractivity contribution in [2.24, 2.45) is 5.92 Å². The molecule has 0 fully saturated rings. The fourth-order valence-corrected chi connectivity index (χ4v) is 8.29. The third kappa shape index (κ3) is 3.66. The highest BCUT2D eigenvalue weighted by Gasteiger charge is 2.30. The molecule has 9 aromatic rings. The molecular weight excluding hydrogens is 560 g/mol. The van der Waals surface area contributed by atoms with Crippen molar-refractivity contribution >= 4 is 65.6 Å². The predicted molar refractivity (Wildman–Crippen MR) is 192 cm³/mol. The summed E-state index contributed by atoms with van der Waals surface area (Å²) in [4.78, 5) is 0. The van der Waals surface area contributed by atoms with E-state index in [1.807, 2.05) is 6.07 Å². The topological polar surface area (TPSA) is 23.0 Å². The van der Waals surface area contributed by atoms with Crippen LogP contribution in [0.25, 0.3) is 71.2 Å². The van der Waals surface area contributed by atoms with Gasteiger partial charge in [0.25, 0.3) is 0 Å². The van der Waals surface area contributed by atoms with E-state index in [1.54, 1.807) is 0 Å². The average molecular weight is 593 g/mol. The molecule has 0 radical (unpaired) electrons. The van der Waals surface area contributed by atoms with Crippen LogP contribution < -0.4 is 0 Å². The number of aromatic nitrogens is 2. The van der Waals surface area contributed by atoms with Crippen LogP contribution in [-0.2, 0) is 0 Å². The van der Waals surface area contributed by atoms with E-state index in [9.17, 15) is 0 Å². The highest BCUT2D eigenvalue weighted by atomic mass is 16.3. The van der Waals surface area contributed by atoms with Gasteiger partial charge in [-0.1, -0.05) is 104 Å². The van der Waals surface area contributed by atoms with Crippen molar-refractivity contribution in [2.45, 2.75) is 25.3 Å². The minimum absolute atomic E-state index is 0.243. The second-order valence-corrected chi connectivity index (χ2v) is 13.0. The summed E-state index contributed by atoms with van der Waals surface area (Å²) in [5.41, 5.74) is 9.42. The van der Waals surface area contributed by atoms with Gasteiger partial charge in [-0.15, -0.1) is 0 Å². The van der Waals surface area contributed by atoms with Crippen molar-refractivity contribution in [3.63, 3.8) is 0 Å². The summed E-state index contributed by atoms with van der Waals surface area (Å²) in [6, 6.07) is 49.0. The molecule has 220 valence electrons. The van der Waals surface area contributed by atoms with Crippen LogP contribution in [0.1, 0.15) is 30.9 Å². The molecule has 10 rings (SSSR count). The first kappa shape index (κ1) is 25.8. The Labute approximate surface area is 266 Å². The zero-order chi connectivity index (χ0) is 30.4. The van der Waals surface area contributed by atoms with Gasteiger partial charge in [-0.2, -0.15) is 0 Å². The zero-order valence-corrected chi connectivity index (χ0v) is 25.6. The van der Waals surface area contributed by atoms with E-state index in [2.05, 4.69) is 156 Å². The van der Waals surface area contributed by atoms with Crippen LogP contribution in [0.5, 0.6) is 0 Å². The zero-order valence-electron chi connectivity index (χ0n) is 25.6. The maximum absolute atomic E-state index is 6.32. The summed E-state index contributed by atoms with van der Waals surface area (Å²) >= 11 is 0. The number of para-hydroxylation sites is 4. The molecule has 3 heterocycles. The Bertz CT molecular complexity index is 2610. The van der Waals surface area contributed by atoms with Gasteiger partial charge in [0.15, 0.2) is 0 Å². The molecule has 1 aliphatic carbocycles. The van der Waals surface area contributed by atoms with Crippen LogP contribution >= 0.6 is 0 Å². The van der Waals surface area contributed by atoms with Gasteiger partial charge >= 0.3 is 0 Å². The summed E-state index contributed by atoms with van der Waals surface area (Å²) in [6.45, 7) is 2.35. The molecule has 3 unspecified atom stereocenters. The molecule has 6 aromatic carbocycles. The molecule has 3 atom stereocenters. The van der Waals surface area contributed by atoms with E-state index in [-0.39, 0.29) is 5.92 Å². The number of benzene rings is 6. The lowest BCUT2D eigenvalue weighted by atomic mass is 9.80. The van der Waals surface area contributed by atoms with Crippen LogP contribution in [0.15, 0.2) is 150 Å². The number of allylic oxidation sites excluding steroid dienone is 2. The van der Waals surface area contributed by atoms with E-state index < -0.39 is 0 Å². The van der Waals surface area contributed by atoms with E-state index in [0.717, 1.165) is 28.4 Å². The fourth-order valence-electron chi connectivity index (χ4n) is 8.29. The minimum atomic E-state index is 0.243. The van der Waals surface area contributed by atoms with Gasteiger partial charge in [-0.3, -0.25) is 0 Å². The highest BCUT2D eigenvalue weighted by Crippen LogP contribution is 2.45. The third-order valence-corrected chi connectivity index (χ3v) is 10.3. The Balaban J connectivity index is 1.19. The monoisotopic (exact) mass is 592 g/mol. The molecule has 0 saturated heterocycles. The Kier molecular flexibility index (Phi) is 5.45. The standard InChI is InChI=1S/C43H32N2O/c1-27-21-22-30(40(23-27)45-38-18-7-2-13-31(38)32-14-3-8-19-39(32)45)28-11-10-12-29(24-28)44-37-17-6-4-15-33(37)35-26-43-36(25-41(35)44)34-16-5-9-20-42(34)46-43/h2-22,24-27,30,40H,23H2,1H3. The van der Waals surface area contributed by atoms with Crippen LogP contribution in [0.4, 0.5) is 0 Å². The summed E-state index contributed by atoms with van der Waals surface area (Å²) in [5, 5.41) is 7.41. The van der Waals surface area contributed by atoms with Gasteiger partial charge < -0.3 is 13.6 Å². The van der Waals surface area contributed by atoms with E-state index >= 15 is 0 Å². The Hall–Kier alpha value is -5.54. The average Bonchev–Trinajstić information content (AvgIpc) is 3.74. The lowest BCUT2D eigenvalue weighted by Crippen LogP contribution is -2.22. The SMILES string of the molecule is CC1C=CC(c2cccc(-n3c4ccccc4c4cc5oc6ccccc6c5cc43)c2)C(n2c3ccccc3c3ccccc32)C1. The lowest BCUT2D eigenvalue weighted by molar-refractivity contribution is 0.385. The number of furan rings is 1. The second kappa shape index (κ2) is 9.73. The van der Waals surface area contributed by atoms with Crippen molar-refractivity contribution < 1.29 is 4.42 Å². The fraction of sp³-hybridized carbons (Fsp3) is 0.116. The number of rotatable bonds is 3. The maximum atomic E-state index is 6.32. The number of nitrogens with zero attached hydrogens (tertiary/aromatic N) is 2. The Morgan fingerprint density at radius 1 is 0.522 bits per heavy atom. The van der Waals surface area contributed by atoms with Crippen LogP contribution in [0.2, 0.25) is 0 Å². The van der Waals surface area contributed by atoms with Gasteiger partial charge in [-0.25, -0.2) is 0 Å². The Morgan fingerprint density at radius 3 is 1.93 bits per heavy atom. The maximum Gasteiger partial charge on any atom is 0.136 e. The third-order valence-electron chi connectivity index (χ3n) is 10.3. The first-order chi connectivity index (χ1) is 22.7. The van der Waals surface area contributed by atoms with Gasteiger partial charge in [-0.05, 0) is 66.4 Å². The minimum Gasteiger partial charge on any atom is -0.456 e.